The van der Waals surface area contributed by atoms with Crippen molar-refractivity contribution in [2.45, 2.75) is 6.54 Å². The fourth-order valence-electron chi connectivity index (χ4n) is 1.30. The molecule has 0 aliphatic heterocycles. The van der Waals surface area contributed by atoms with Gasteiger partial charge in [0.05, 0.1) is 5.02 Å². The molecule has 5 heteroatoms. The van der Waals surface area contributed by atoms with Gasteiger partial charge in [-0.15, -0.1) is 0 Å². The summed E-state index contributed by atoms with van der Waals surface area (Å²) in [6.45, 7) is 0.433. The third-order valence-corrected chi connectivity index (χ3v) is 2.69. The van der Waals surface area contributed by atoms with E-state index < -0.39 is 0 Å². The first-order valence-corrected chi connectivity index (χ1v) is 5.72. The van der Waals surface area contributed by atoms with Crippen molar-refractivity contribution >= 4 is 23.2 Å². The maximum Gasteiger partial charge on any atom is 0.219 e. The smallest absolute Gasteiger partial charge is 0.219 e. The number of pyridine rings is 1. The summed E-state index contributed by atoms with van der Waals surface area (Å²) in [7, 11) is 0. The standard InChI is InChI=1S/C12H10Cl2N2O/c13-9-1-2-10(14)11(6-9)17-12-5-8(7-15)3-4-16-12/h1-6H,7,15H2. The second kappa shape index (κ2) is 5.36. The molecule has 2 N–H and O–H groups in total. The average molecular weight is 269 g/mol. The lowest BCUT2D eigenvalue weighted by atomic mass is 10.3. The number of benzene rings is 1. The summed E-state index contributed by atoms with van der Waals surface area (Å²) in [6, 6.07) is 8.59. The Morgan fingerprint density at radius 2 is 2.00 bits per heavy atom. The van der Waals surface area contributed by atoms with E-state index in [0.717, 1.165) is 5.56 Å². The molecule has 3 nitrogen and oxygen atoms in total. The Morgan fingerprint density at radius 1 is 1.18 bits per heavy atom. The van der Waals surface area contributed by atoms with E-state index in [2.05, 4.69) is 4.98 Å². The van der Waals surface area contributed by atoms with Crippen molar-refractivity contribution in [3.05, 3.63) is 52.1 Å². The normalized spacial score (nSPS) is 10.3. The maximum absolute atomic E-state index is 5.98. The number of nitrogens with two attached hydrogens (primary N) is 1. The van der Waals surface area contributed by atoms with Gasteiger partial charge in [0, 0.05) is 29.9 Å². The molecule has 0 saturated heterocycles. The largest absolute Gasteiger partial charge is 0.437 e. The van der Waals surface area contributed by atoms with E-state index in [1.807, 2.05) is 6.07 Å². The molecule has 0 aliphatic carbocycles. The van der Waals surface area contributed by atoms with Gasteiger partial charge < -0.3 is 10.5 Å². The molecule has 88 valence electrons. The number of halogens is 2. The molecule has 0 amide bonds. The zero-order valence-electron chi connectivity index (χ0n) is 8.86. The monoisotopic (exact) mass is 268 g/mol. The molecule has 1 aromatic heterocycles. The van der Waals surface area contributed by atoms with Crippen LogP contribution in [0.2, 0.25) is 10.0 Å². The van der Waals surface area contributed by atoms with Gasteiger partial charge in [0.15, 0.2) is 0 Å². The Labute approximate surface area is 109 Å². The predicted octanol–water partition coefficient (Wildman–Crippen LogP) is 3.64. The molecule has 17 heavy (non-hydrogen) atoms. The molecular weight excluding hydrogens is 259 g/mol. The van der Waals surface area contributed by atoms with E-state index in [1.54, 1.807) is 30.5 Å². The van der Waals surface area contributed by atoms with Gasteiger partial charge in [-0.05, 0) is 23.8 Å². The predicted molar refractivity (Wildman–Crippen MR) is 68.7 cm³/mol. The van der Waals surface area contributed by atoms with Gasteiger partial charge in [-0.1, -0.05) is 23.2 Å². The first kappa shape index (κ1) is 12.2. The highest BCUT2D eigenvalue weighted by molar-refractivity contribution is 6.34. The van der Waals surface area contributed by atoms with Gasteiger partial charge >= 0.3 is 0 Å². The molecule has 0 saturated carbocycles. The molecular formula is C12H10Cl2N2O. The van der Waals surface area contributed by atoms with Crippen molar-refractivity contribution < 1.29 is 4.74 Å². The average Bonchev–Trinajstić information content (AvgIpc) is 2.34. The van der Waals surface area contributed by atoms with Gasteiger partial charge in [0.25, 0.3) is 0 Å². The molecule has 0 unspecified atom stereocenters. The zero-order chi connectivity index (χ0) is 12.3. The van der Waals surface area contributed by atoms with Crippen LogP contribution in [0.25, 0.3) is 0 Å². The second-order valence-corrected chi connectivity index (χ2v) is 4.23. The second-order valence-electron chi connectivity index (χ2n) is 3.38. The summed E-state index contributed by atoms with van der Waals surface area (Å²) in [6.07, 6.45) is 1.63. The summed E-state index contributed by atoms with van der Waals surface area (Å²) in [4.78, 5) is 4.07. The van der Waals surface area contributed by atoms with Crippen molar-refractivity contribution in [3.63, 3.8) is 0 Å². The number of hydrogen-bond donors (Lipinski definition) is 1. The molecule has 0 aliphatic rings. The molecule has 0 radical (unpaired) electrons. The van der Waals surface area contributed by atoms with Crippen molar-refractivity contribution in [1.82, 2.24) is 4.98 Å². The highest BCUT2D eigenvalue weighted by atomic mass is 35.5. The maximum atomic E-state index is 5.98. The molecule has 0 atom stereocenters. The molecule has 2 rings (SSSR count). The van der Waals surface area contributed by atoms with E-state index in [9.17, 15) is 0 Å². The summed E-state index contributed by atoms with van der Waals surface area (Å²) >= 11 is 11.8. The van der Waals surface area contributed by atoms with E-state index in [1.165, 1.54) is 0 Å². The molecule has 0 fully saturated rings. The Bertz CT molecular complexity index is 532. The van der Waals surface area contributed by atoms with Crippen molar-refractivity contribution in [2.24, 2.45) is 5.73 Å². The Hall–Kier alpha value is -1.29. The van der Waals surface area contributed by atoms with Gasteiger partial charge in [-0.2, -0.15) is 0 Å². The van der Waals surface area contributed by atoms with Crippen LogP contribution in [-0.2, 0) is 6.54 Å². The van der Waals surface area contributed by atoms with Crippen LogP contribution in [0.3, 0.4) is 0 Å². The molecule has 2 aromatic rings. The van der Waals surface area contributed by atoms with Crippen molar-refractivity contribution in [2.75, 3.05) is 0 Å². The first-order valence-electron chi connectivity index (χ1n) is 4.97. The van der Waals surface area contributed by atoms with Gasteiger partial charge in [0.2, 0.25) is 5.88 Å². The SMILES string of the molecule is NCc1ccnc(Oc2cc(Cl)ccc2Cl)c1. The summed E-state index contributed by atoms with van der Waals surface area (Å²) in [5.74, 6) is 0.915. The summed E-state index contributed by atoms with van der Waals surface area (Å²) in [5.41, 5.74) is 6.47. The fraction of sp³-hybridized carbons (Fsp3) is 0.0833. The van der Waals surface area contributed by atoms with Gasteiger partial charge in [-0.25, -0.2) is 4.98 Å². The van der Waals surface area contributed by atoms with Gasteiger partial charge in [-0.3, -0.25) is 0 Å². The minimum atomic E-state index is 0.433. The van der Waals surface area contributed by atoms with Crippen LogP contribution in [0, 0.1) is 0 Å². The van der Waals surface area contributed by atoms with Crippen LogP contribution in [0.15, 0.2) is 36.5 Å². The summed E-state index contributed by atoms with van der Waals surface area (Å²) < 4.78 is 5.55. The van der Waals surface area contributed by atoms with Crippen LogP contribution in [0.4, 0.5) is 0 Å². The van der Waals surface area contributed by atoms with Crippen LogP contribution in [0.1, 0.15) is 5.56 Å². The van der Waals surface area contributed by atoms with Crippen LogP contribution < -0.4 is 10.5 Å². The lowest BCUT2D eigenvalue weighted by Crippen LogP contribution is -1.97. The van der Waals surface area contributed by atoms with E-state index in [-0.39, 0.29) is 0 Å². The van der Waals surface area contributed by atoms with E-state index in [0.29, 0.717) is 28.2 Å². The van der Waals surface area contributed by atoms with Crippen LogP contribution >= 0.6 is 23.2 Å². The van der Waals surface area contributed by atoms with Crippen molar-refractivity contribution in [1.29, 1.82) is 0 Å². The van der Waals surface area contributed by atoms with Crippen LogP contribution in [0.5, 0.6) is 11.6 Å². The third-order valence-electron chi connectivity index (χ3n) is 2.14. The Morgan fingerprint density at radius 3 is 2.76 bits per heavy atom. The topological polar surface area (TPSA) is 48.1 Å². The summed E-state index contributed by atoms with van der Waals surface area (Å²) in [5, 5.41) is 1.04. The molecule has 1 aromatic carbocycles. The minimum Gasteiger partial charge on any atom is -0.437 e. The van der Waals surface area contributed by atoms with E-state index in [4.69, 9.17) is 33.7 Å². The van der Waals surface area contributed by atoms with E-state index >= 15 is 0 Å². The lowest BCUT2D eigenvalue weighted by molar-refractivity contribution is 0.462. The molecule has 1 heterocycles. The lowest BCUT2D eigenvalue weighted by Gasteiger charge is -2.07. The highest BCUT2D eigenvalue weighted by Crippen LogP contribution is 2.31. The van der Waals surface area contributed by atoms with Crippen LogP contribution in [-0.4, -0.2) is 4.98 Å². The van der Waals surface area contributed by atoms with Crippen molar-refractivity contribution in [3.8, 4) is 11.6 Å². The highest BCUT2D eigenvalue weighted by Gasteiger charge is 2.05. The number of aromatic nitrogens is 1. The number of ether oxygens (including phenoxy) is 1. The molecule has 0 bridgehead atoms. The van der Waals surface area contributed by atoms with Gasteiger partial charge in [0.1, 0.15) is 5.75 Å². The number of hydrogen-bond acceptors (Lipinski definition) is 3. The Balaban J connectivity index is 2.27. The number of nitrogens with zero attached hydrogens (tertiary/aromatic N) is 1. The minimum absolute atomic E-state index is 0.433. The first-order chi connectivity index (χ1) is 8.19. The quantitative estimate of drug-likeness (QED) is 0.925. The third kappa shape index (κ3) is 3.09. The Kier molecular flexibility index (Phi) is 3.84. The number of rotatable bonds is 3. The fourth-order valence-corrected chi connectivity index (χ4v) is 1.62. The zero-order valence-corrected chi connectivity index (χ0v) is 10.4. The molecule has 0 spiro atoms.